The molecule has 1 saturated heterocycles. The van der Waals surface area contributed by atoms with Crippen LogP contribution in [0.2, 0.25) is 0 Å². The highest BCUT2D eigenvalue weighted by Gasteiger charge is 2.24. The van der Waals surface area contributed by atoms with Crippen molar-refractivity contribution in [3.05, 3.63) is 58.7 Å². The van der Waals surface area contributed by atoms with Gasteiger partial charge in [0, 0.05) is 32.6 Å². The van der Waals surface area contributed by atoms with Gasteiger partial charge < -0.3 is 19.3 Å². The highest BCUT2D eigenvalue weighted by Crippen LogP contribution is 2.25. The Labute approximate surface area is 191 Å². The van der Waals surface area contributed by atoms with Gasteiger partial charge in [0.25, 0.3) is 5.91 Å². The van der Waals surface area contributed by atoms with Gasteiger partial charge in [0.2, 0.25) is 5.91 Å². The van der Waals surface area contributed by atoms with Crippen LogP contribution in [0.25, 0.3) is 0 Å². The summed E-state index contributed by atoms with van der Waals surface area (Å²) in [6.07, 6.45) is 1.13. The zero-order valence-electron chi connectivity index (χ0n) is 19.6. The molecule has 0 atom stereocenters. The first kappa shape index (κ1) is 23.6. The number of amides is 2. The Hall–Kier alpha value is -3.02. The zero-order chi connectivity index (χ0) is 23.1. The number of carbonyl (C=O) groups is 2. The molecule has 32 heavy (non-hydrogen) atoms. The molecule has 0 spiro atoms. The van der Waals surface area contributed by atoms with Crippen molar-refractivity contribution in [1.82, 2.24) is 9.80 Å². The molecule has 2 aromatic rings. The summed E-state index contributed by atoms with van der Waals surface area (Å²) in [4.78, 5) is 28.7. The minimum absolute atomic E-state index is 0.0231. The molecule has 0 N–H and O–H groups in total. The molecule has 0 bridgehead atoms. The molecule has 1 aliphatic heterocycles. The summed E-state index contributed by atoms with van der Waals surface area (Å²) in [5.74, 6) is 1.74. The quantitative estimate of drug-likeness (QED) is 0.588. The van der Waals surface area contributed by atoms with E-state index in [1.165, 1.54) is 0 Å². The molecule has 2 aromatic carbocycles. The highest BCUT2D eigenvalue weighted by atomic mass is 16.5. The number of rotatable bonds is 8. The lowest BCUT2D eigenvalue weighted by Crippen LogP contribution is -2.51. The monoisotopic (exact) mass is 438 g/mol. The van der Waals surface area contributed by atoms with Gasteiger partial charge in [-0.3, -0.25) is 9.59 Å². The Morgan fingerprint density at radius 1 is 0.781 bits per heavy atom. The van der Waals surface area contributed by atoms with E-state index in [2.05, 4.69) is 6.07 Å². The van der Waals surface area contributed by atoms with Crippen LogP contribution in [0.15, 0.2) is 36.4 Å². The van der Waals surface area contributed by atoms with Crippen molar-refractivity contribution in [1.29, 1.82) is 0 Å². The van der Waals surface area contributed by atoms with Gasteiger partial charge in [0.15, 0.2) is 6.61 Å². The van der Waals surface area contributed by atoms with E-state index in [1.54, 1.807) is 4.90 Å². The molecular weight excluding hydrogens is 404 g/mol. The Morgan fingerprint density at radius 2 is 1.41 bits per heavy atom. The van der Waals surface area contributed by atoms with Gasteiger partial charge >= 0.3 is 0 Å². The van der Waals surface area contributed by atoms with Crippen molar-refractivity contribution < 1.29 is 19.1 Å². The number of ether oxygens (including phenoxy) is 2. The van der Waals surface area contributed by atoms with Crippen LogP contribution in [0.1, 0.15) is 35.1 Å². The molecule has 1 heterocycles. The number of piperazine rings is 1. The number of carbonyl (C=O) groups excluding carboxylic acids is 2. The normalized spacial score (nSPS) is 13.8. The first-order valence-corrected chi connectivity index (χ1v) is 11.3. The van der Waals surface area contributed by atoms with Gasteiger partial charge in [-0.25, -0.2) is 0 Å². The molecule has 172 valence electrons. The fourth-order valence-electron chi connectivity index (χ4n) is 3.86. The smallest absolute Gasteiger partial charge is 0.260 e. The summed E-state index contributed by atoms with van der Waals surface area (Å²) in [7, 11) is 0. The molecule has 1 aliphatic rings. The van der Waals surface area contributed by atoms with Crippen LogP contribution in [0.5, 0.6) is 11.5 Å². The maximum absolute atomic E-state index is 12.6. The van der Waals surface area contributed by atoms with Gasteiger partial charge in [-0.2, -0.15) is 0 Å². The SMILES string of the molecule is Cc1ccccc1OCCCC(=O)N1CCN(C(=O)COc2c(C)ccc(C)c2C)CC1. The largest absolute Gasteiger partial charge is 0.493 e. The van der Waals surface area contributed by atoms with Crippen molar-refractivity contribution in [3.8, 4) is 11.5 Å². The summed E-state index contributed by atoms with van der Waals surface area (Å²) in [5.41, 5.74) is 4.34. The van der Waals surface area contributed by atoms with Gasteiger partial charge in [-0.15, -0.1) is 0 Å². The second-order valence-electron chi connectivity index (χ2n) is 8.42. The summed E-state index contributed by atoms with van der Waals surface area (Å²) in [5, 5.41) is 0. The van der Waals surface area contributed by atoms with E-state index in [-0.39, 0.29) is 18.4 Å². The minimum Gasteiger partial charge on any atom is -0.493 e. The lowest BCUT2D eigenvalue weighted by atomic mass is 10.1. The molecule has 0 radical (unpaired) electrons. The Kier molecular flexibility index (Phi) is 8.14. The van der Waals surface area contributed by atoms with Crippen LogP contribution in [-0.4, -0.2) is 61.0 Å². The number of hydrogen-bond acceptors (Lipinski definition) is 4. The number of benzene rings is 2. The predicted molar refractivity (Wildman–Crippen MR) is 125 cm³/mol. The molecule has 1 fully saturated rings. The third-order valence-corrected chi connectivity index (χ3v) is 6.08. The van der Waals surface area contributed by atoms with Crippen molar-refractivity contribution in [2.75, 3.05) is 39.4 Å². The van der Waals surface area contributed by atoms with Crippen LogP contribution < -0.4 is 9.47 Å². The molecule has 0 saturated carbocycles. The average Bonchev–Trinajstić information content (AvgIpc) is 2.80. The van der Waals surface area contributed by atoms with Crippen LogP contribution in [0.4, 0.5) is 0 Å². The Bertz CT molecular complexity index is 949. The maximum Gasteiger partial charge on any atom is 0.260 e. The number of hydrogen-bond donors (Lipinski definition) is 0. The topological polar surface area (TPSA) is 59.1 Å². The second kappa shape index (κ2) is 11.0. The number of nitrogens with zero attached hydrogens (tertiary/aromatic N) is 2. The zero-order valence-corrected chi connectivity index (χ0v) is 19.6. The summed E-state index contributed by atoms with van der Waals surface area (Å²) >= 11 is 0. The molecule has 3 rings (SSSR count). The van der Waals surface area contributed by atoms with E-state index >= 15 is 0 Å². The van der Waals surface area contributed by atoms with E-state index in [4.69, 9.17) is 9.47 Å². The van der Waals surface area contributed by atoms with Crippen molar-refractivity contribution >= 4 is 11.8 Å². The lowest BCUT2D eigenvalue weighted by Gasteiger charge is -2.34. The first-order chi connectivity index (χ1) is 15.4. The van der Waals surface area contributed by atoms with Crippen molar-refractivity contribution in [2.24, 2.45) is 0 Å². The number of aryl methyl sites for hydroxylation is 3. The second-order valence-corrected chi connectivity index (χ2v) is 8.42. The van der Waals surface area contributed by atoms with E-state index < -0.39 is 0 Å². The molecule has 0 aromatic heterocycles. The first-order valence-electron chi connectivity index (χ1n) is 11.3. The van der Waals surface area contributed by atoms with Crippen molar-refractivity contribution in [3.63, 3.8) is 0 Å². The Balaban J connectivity index is 1.38. The van der Waals surface area contributed by atoms with E-state index in [1.807, 2.05) is 62.9 Å². The third-order valence-electron chi connectivity index (χ3n) is 6.08. The Morgan fingerprint density at radius 3 is 2.09 bits per heavy atom. The van der Waals surface area contributed by atoms with E-state index in [0.29, 0.717) is 45.6 Å². The summed E-state index contributed by atoms with van der Waals surface area (Å²) in [6.45, 7) is 10.8. The average molecular weight is 439 g/mol. The maximum atomic E-state index is 12.6. The summed E-state index contributed by atoms with van der Waals surface area (Å²) in [6, 6.07) is 12.0. The predicted octanol–water partition coefficient (Wildman–Crippen LogP) is 3.83. The van der Waals surface area contributed by atoms with Crippen molar-refractivity contribution in [2.45, 2.75) is 40.5 Å². The van der Waals surface area contributed by atoms with Gasteiger partial charge in [-0.1, -0.05) is 30.3 Å². The molecule has 6 heteroatoms. The highest BCUT2D eigenvalue weighted by molar-refractivity contribution is 5.79. The lowest BCUT2D eigenvalue weighted by molar-refractivity contribution is -0.140. The van der Waals surface area contributed by atoms with Crippen LogP contribution in [0.3, 0.4) is 0 Å². The molecule has 6 nitrogen and oxygen atoms in total. The standard InChI is InChI=1S/C26H34N2O4/c1-19-11-12-21(3)26(22(19)4)32-18-25(30)28-15-13-27(14-16-28)24(29)10-7-17-31-23-9-6-5-8-20(23)2/h5-6,8-9,11-12H,7,10,13-18H2,1-4H3. The fraction of sp³-hybridized carbons (Fsp3) is 0.462. The van der Waals surface area contributed by atoms with Crippen LogP contribution in [0, 0.1) is 27.7 Å². The minimum atomic E-state index is -0.0379. The molecule has 0 aliphatic carbocycles. The molecule has 2 amide bonds. The van der Waals surface area contributed by atoms with Gasteiger partial charge in [0.05, 0.1) is 6.61 Å². The van der Waals surface area contributed by atoms with E-state index in [9.17, 15) is 9.59 Å². The van der Waals surface area contributed by atoms with Gasteiger partial charge in [0.1, 0.15) is 11.5 Å². The van der Waals surface area contributed by atoms with E-state index in [0.717, 1.165) is 33.8 Å². The van der Waals surface area contributed by atoms with Gasteiger partial charge in [-0.05, 0) is 62.4 Å². The van der Waals surface area contributed by atoms with Crippen LogP contribution in [-0.2, 0) is 9.59 Å². The molecular formula is C26H34N2O4. The fourth-order valence-corrected chi connectivity index (χ4v) is 3.86. The summed E-state index contributed by atoms with van der Waals surface area (Å²) < 4.78 is 11.6. The number of para-hydroxylation sites is 1. The third kappa shape index (κ3) is 6.02. The molecule has 0 unspecified atom stereocenters. The van der Waals surface area contributed by atoms with Crippen LogP contribution >= 0.6 is 0 Å².